The van der Waals surface area contributed by atoms with Crippen molar-refractivity contribution in [3.05, 3.63) is 0 Å². The van der Waals surface area contributed by atoms with Gasteiger partial charge in [-0.15, -0.1) is 0 Å². The second-order valence-electron chi connectivity index (χ2n) is 4.99. The summed E-state index contributed by atoms with van der Waals surface area (Å²) in [5.41, 5.74) is 5.53. The van der Waals surface area contributed by atoms with Crippen LogP contribution in [-0.2, 0) is 14.6 Å². The van der Waals surface area contributed by atoms with E-state index in [9.17, 15) is 13.2 Å². The molecule has 0 aliphatic rings. The summed E-state index contributed by atoms with van der Waals surface area (Å²) in [5.74, 6) is -0.514. The number of sulfone groups is 1. The molecule has 1 amide bonds. The maximum absolute atomic E-state index is 11.6. The summed E-state index contributed by atoms with van der Waals surface area (Å²) in [6.07, 6.45) is 0.754. The van der Waals surface area contributed by atoms with Crippen LogP contribution in [0.2, 0.25) is 0 Å². The fraction of sp³-hybridized carbons (Fsp3) is 0.909. The molecule has 0 fully saturated rings. The molecule has 0 rings (SSSR count). The van der Waals surface area contributed by atoms with Crippen molar-refractivity contribution < 1.29 is 13.2 Å². The molecule has 0 aromatic heterocycles. The van der Waals surface area contributed by atoms with E-state index in [4.69, 9.17) is 5.73 Å². The zero-order chi connectivity index (χ0) is 13.6. The van der Waals surface area contributed by atoms with Crippen molar-refractivity contribution in [3.8, 4) is 0 Å². The van der Waals surface area contributed by atoms with Crippen LogP contribution in [0.4, 0.5) is 0 Å². The SMILES string of the molecule is CC(C)CC(CN)NC(=O)CS(=O)(=O)C(C)C. The molecule has 0 aromatic rings. The zero-order valence-electron chi connectivity index (χ0n) is 11.1. The smallest absolute Gasteiger partial charge is 0.235 e. The monoisotopic (exact) mass is 264 g/mol. The number of nitrogens with one attached hydrogen (secondary N) is 1. The van der Waals surface area contributed by atoms with E-state index in [1.807, 2.05) is 13.8 Å². The Labute approximate surface area is 104 Å². The van der Waals surface area contributed by atoms with E-state index >= 15 is 0 Å². The standard InChI is InChI=1S/C11H24N2O3S/c1-8(2)5-10(6-12)13-11(14)7-17(15,16)9(3)4/h8-10H,5-7,12H2,1-4H3,(H,13,14). The molecule has 17 heavy (non-hydrogen) atoms. The summed E-state index contributed by atoms with van der Waals surface area (Å²) < 4.78 is 23.1. The van der Waals surface area contributed by atoms with E-state index in [2.05, 4.69) is 5.32 Å². The van der Waals surface area contributed by atoms with Crippen LogP contribution in [0.5, 0.6) is 0 Å². The normalized spacial score (nSPS) is 14.1. The average molecular weight is 264 g/mol. The molecule has 0 aliphatic carbocycles. The van der Waals surface area contributed by atoms with Crippen LogP contribution in [0.15, 0.2) is 0 Å². The molecule has 0 radical (unpaired) electrons. The van der Waals surface area contributed by atoms with Crippen LogP contribution in [0.3, 0.4) is 0 Å². The second kappa shape index (κ2) is 6.96. The zero-order valence-corrected chi connectivity index (χ0v) is 11.9. The van der Waals surface area contributed by atoms with Crippen molar-refractivity contribution in [1.82, 2.24) is 5.32 Å². The van der Waals surface area contributed by atoms with E-state index in [1.165, 1.54) is 0 Å². The van der Waals surface area contributed by atoms with Gasteiger partial charge in [0.2, 0.25) is 5.91 Å². The molecule has 1 atom stereocenters. The predicted molar refractivity (Wildman–Crippen MR) is 69.4 cm³/mol. The van der Waals surface area contributed by atoms with Crippen LogP contribution in [0.1, 0.15) is 34.1 Å². The van der Waals surface area contributed by atoms with Gasteiger partial charge in [0.25, 0.3) is 0 Å². The van der Waals surface area contributed by atoms with Gasteiger partial charge in [0.15, 0.2) is 9.84 Å². The minimum Gasteiger partial charge on any atom is -0.351 e. The van der Waals surface area contributed by atoms with Crippen LogP contribution < -0.4 is 11.1 Å². The molecule has 6 heteroatoms. The Balaban J connectivity index is 4.35. The lowest BCUT2D eigenvalue weighted by Gasteiger charge is -2.19. The molecule has 0 saturated carbocycles. The summed E-state index contributed by atoms with van der Waals surface area (Å²) in [5, 5.41) is 2.13. The Hall–Kier alpha value is -0.620. The van der Waals surface area contributed by atoms with Crippen molar-refractivity contribution in [2.24, 2.45) is 11.7 Å². The summed E-state index contributed by atoms with van der Waals surface area (Å²) >= 11 is 0. The molecule has 102 valence electrons. The molecule has 1 unspecified atom stereocenters. The molecule has 5 nitrogen and oxygen atoms in total. The van der Waals surface area contributed by atoms with Gasteiger partial charge in [0.1, 0.15) is 5.75 Å². The number of hydrogen-bond acceptors (Lipinski definition) is 4. The Morgan fingerprint density at radius 1 is 1.24 bits per heavy atom. The summed E-state index contributed by atoms with van der Waals surface area (Å²) in [6, 6.07) is -0.148. The Morgan fingerprint density at radius 3 is 2.12 bits per heavy atom. The third-order valence-electron chi connectivity index (χ3n) is 2.46. The lowest BCUT2D eigenvalue weighted by Crippen LogP contribution is -2.44. The van der Waals surface area contributed by atoms with Gasteiger partial charge in [-0.3, -0.25) is 4.79 Å². The van der Waals surface area contributed by atoms with Crippen molar-refractivity contribution in [2.75, 3.05) is 12.3 Å². The maximum Gasteiger partial charge on any atom is 0.235 e. The minimum absolute atomic E-state index is 0.148. The number of rotatable bonds is 7. The average Bonchev–Trinajstić information content (AvgIpc) is 2.14. The number of hydrogen-bond donors (Lipinski definition) is 2. The highest BCUT2D eigenvalue weighted by atomic mass is 32.2. The third kappa shape index (κ3) is 6.63. The first-order valence-corrected chi connectivity index (χ1v) is 7.61. The van der Waals surface area contributed by atoms with E-state index in [0.29, 0.717) is 12.5 Å². The van der Waals surface area contributed by atoms with Gasteiger partial charge in [-0.25, -0.2) is 8.42 Å². The first-order chi connectivity index (χ1) is 7.69. The van der Waals surface area contributed by atoms with Gasteiger partial charge >= 0.3 is 0 Å². The molecular weight excluding hydrogens is 240 g/mol. The van der Waals surface area contributed by atoms with Gasteiger partial charge in [0, 0.05) is 12.6 Å². The van der Waals surface area contributed by atoms with Crippen LogP contribution in [-0.4, -0.2) is 37.9 Å². The molecule has 0 heterocycles. The molecule has 0 spiro atoms. The van der Waals surface area contributed by atoms with Crippen LogP contribution >= 0.6 is 0 Å². The quantitative estimate of drug-likeness (QED) is 0.692. The van der Waals surface area contributed by atoms with E-state index in [0.717, 1.165) is 6.42 Å². The number of carbonyl (C=O) groups is 1. The largest absolute Gasteiger partial charge is 0.351 e. The first kappa shape index (κ1) is 16.4. The maximum atomic E-state index is 11.6. The molecular formula is C11H24N2O3S. The van der Waals surface area contributed by atoms with Crippen LogP contribution in [0.25, 0.3) is 0 Å². The molecule has 0 bridgehead atoms. The van der Waals surface area contributed by atoms with Gasteiger partial charge < -0.3 is 11.1 Å². The summed E-state index contributed by atoms with van der Waals surface area (Å²) in [6.45, 7) is 7.51. The Bertz CT molecular complexity index is 337. The van der Waals surface area contributed by atoms with Crippen molar-refractivity contribution >= 4 is 15.7 Å². The fourth-order valence-corrected chi connectivity index (χ4v) is 2.18. The van der Waals surface area contributed by atoms with Crippen LogP contribution in [0, 0.1) is 5.92 Å². The van der Waals surface area contributed by atoms with E-state index in [1.54, 1.807) is 13.8 Å². The van der Waals surface area contributed by atoms with Crippen molar-refractivity contribution in [2.45, 2.75) is 45.4 Å². The summed E-state index contributed by atoms with van der Waals surface area (Å²) in [4.78, 5) is 11.6. The van der Waals surface area contributed by atoms with Gasteiger partial charge in [0.05, 0.1) is 5.25 Å². The predicted octanol–water partition coefficient (Wildman–Crippen LogP) is 0.299. The lowest BCUT2D eigenvalue weighted by molar-refractivity contribution is -0.119. The summed E-state index contributed by atoms with van der Waals surface area (Å²) in [7, 11) is -3.33. The van der Waals surface area contributed by atoms with Crippen molar-refractivity contribution in [3.63, 3.8) is 0 Å². The highest BCUT2D eigenvalue weighted by Crippen LogP contribution is 2.05. The molecule has 0 aromatic carbocycles. The molecule has 0 saturated heterocycles. The van der Waals surface area contributed by atoms with Gasteiger partial charge in [-0.1, -0.05) is 13.8 Å². The number of carbonyl (C=O) groups excluding carboxylic acids is 1. The fourth-order valence-electron chi connectivity index (χ4n) is 1.40. The molecule has 0 aliphatic heterocycles. The van der Waals surface area contributed by atoms with E-state index < -0.39 is 26.7 Å². The van der Waals surface area contributed by atoms with Gasteiger partial charge in [-0.05, 0) is 26.2 Å². The number of amides is 1. The second-order valence-corrected chi connectivity index (χ2v) is 7.54. The Kier molecular flexibility index (Phi) is 6.70. The van der Waals surface area contributed by atoms with Crippen molar-refractivity contribution in [1.29, 1.82) is 0 Å². The lowest BCUT2D eigenvalue weighted by atomic mass is 10.0. The minimum atomic E-state index is -3.33. The third-order valence-corrected chi connectivity index (χ3v) is 4.56. The highest BCUT2D eigenvalue weighted by molar-refractivity contribution is 7.92. The number of nitrogens with two attached hydrogens (primary N) is 1. The van der Waals surface area contributed by atoms with E-state index in [-0.39, 0.29) is 6.04 Å². The Morgan fingerprint density at radius 2 is 1.76 bits per heavy atom. The first-order valence-electron chi connectivity index (χ1n) is 5.90. The van der Waals surface area contributed by atoms with Gasteiger partial charge in [-0.2, -0.15) is 0 Å². The molecule has 3 N–H and O–H groups in total. The topological polar surface area (TPSA) is 89.3 Å². The highest BCUT2D eigenvalue weighted by Gasteiger charge is 2.22.